The Balaban J connectivity index is 1.76. The Morgan fingerprint density at radius 1 is 0.815 bits per heavy atom. The maximum Gasteiger partial charge on any atom is 0.195 e. The summed E-state index contributed by atoms with van der Waals surface area (Å²) in [5, 5.41) is 2.78. The van der Waals surface area contributed by atoms with E-state index in [-0.39, 0.29) is 5.78 Å². The van der Waals surface area contributed by atoms with E-state index in [1.807, 2.05) is 42.5 Å². The zero-order valence-corrected chi connectivity index (χ0v) is 15.2. The van der Waals surface area contributed by atoms with E-state index in [9.17, 15) is 4.79 Å². The van der Waals surface area contributed by atoms with E-state index in [4.69, 9.17) is 11.6 Å². The van der Waals surface area contributed by atoms with Gasteiger partial charge in [-0.05, 0) is 29.0 Å². The van der Waals surface area contributed by atoms with Crippen molar-refractivity contribution in [3.8, 4) is 0 Å². The first-order valence-electron chi connectivity index (χ1n) is 8.63. The molecule has 0 N–H and O–H groups in total. The maximum atomic E-state index is 12.9. The molecule has 0 saturated carbocycles. The van der Waals surface area contributed by atoms with Gasteiger partial charge in [-0.25, -0.2) is 0 Å². The standard InChI is InChI=1S/C24H16ClNO/c25-20-13-14-23(22(15-20)24(27)18-8-2-1-3-9-18)26-16-19-11-6-10-17-7-4-5-12-21(17)19/h1-16H. The highest BCUT2D eigenvalue weighted by Crippen LogP contribution is 2.26. The van der Waals surface area contributed by atoms with Crippen LogP contribution < -0.4 is 0 Å². The average Bonchev–Trinajstić information content (AvgIpc) is 2.73. The molecular formula is C24H16ClNO. The summed E-state index contributed by atoms with van der Waals surface area (Å²) in [6.07, 6.45) is 1.80. The lowest BCUT2D eigenvalue weighted by Crippen LogP contribution is -2.01. The second-order valence-corrected chi connectivity index (χ2v) is 6.62. The molecule has 130 valence electrons. The van der Waals surface area contributed by atoms with Crippen LogP contribution in [0.3, 0.4) is 0 Å². The summed E-state index contributed by atoms with van der Waals surface area (Å²) in [7, 11) is 0. The summed E-state index contributed by atoms with van der Waals surface area (Å²) in [5.41, 5.74) is 2.70. The van der Waals surface area contributed by atoms with Gasteiger partial charge in [0.2, 0.25) is 0 Å². The third-order valence-electron chi connectivity index (χ3n) is 4.41. The van der Waals surface area contributed by atoms with Gasteiger partial charge in [0.25, 0.3) is 0 Å². The number of fused-ring (bicyclic) bond motifs is 1. The molecule has 0 spiro atoms. The fourth-order valence-corrected chi connectivity index (χ4v) is 3.22. The predicted molar refractivity (Wildman–Crippen MR) is 113 cm³/mol. The van der Waals surface area contributed by atoms with Gasteiger partial charge in [0, 0.05) is 27.9 Å². The van der Waals surface area contributed by atoms with Crippen LogP contribution in [0, 0.1) is 0 Å². The fourth-order valence-electron chi connectivity index (χ4n) is 3.05. The molecular weight excluding hydrogens is 354 g/mol. The van der Waals surface area contributed by atoms with Crippen molar-refractivity contribution in [1.82, 2.24) is 0 Å². The number of rotatable bonds is 4. The van der Waals surface area contributed by atoms with Gasteiger partial charge in [0.05, 0.1) is 5.69 Å². The van der Waals surface area contributed by atoms with Crippen LogP contribution in [0.25, 0.3) is 10.8 Å². The molecule has 0 radical (unpaired) electrons. The van der Waals surface area contributed by atoms with Gasteiger partial charge >= 0.3 is 0 Å². The van der Waals surface area contributed by atoms with Crippen LogP contribution in [-0.4, -0.2) is 12.0 Å². The second kappa shape index (κ2) is 7.56. The van der Waals surface area contributed by atoms with Crippen LogP contribution in [0.5, 0.6) is 0 Å². The van der Waals surface area contributed by atoms with Crippen LogP contribution in [0.4, 0.5) is 5.69 Å². The van der Waals surface area contributed by atoms with Crippen molar-refractivity contribution in [3.05, 3.63) is 113 Å². The molecule has 0 aliphatic rings. The number of hydrogen-bond donors (Lipinski definition) is 0. The monoisotopic (exact) mass is 369 g/mol. The Bertz CT molecular complexity index is 1140. The minimum absolute atomic E-state index is 0.0943. The van der Waals surface area contributed by atoms with Crippen LogP contribution in [0.2, 0.25) is 5.02 Å². The molecule has 4 aromatic rings. The maximum absolute atomic E-state index is 12.9. The number of nitrogens with zero attached hydrogens (tertiary/aromatic N) is 1. The van der Waals surface area contributed by atoms with Crippen molar-refractivity contribution >= 4 is 40.1 Å². The number of ketones is 1. The van der Waals surface area contributed by atoms with Gasteiger partial charge in [0.15, 0.2) is 5.78 Å². The Kier molecular flexibility index (Phi) is 4.82. The van der Waals surface area contributed by atoms with E-state index in [1.165, 1.54) is 0 Å². The highest BCUT2D eigenvalue weighted by molar-refractivity contribution is 6.31. The lowest BCUT2D eigenvalue weighted by atomic mass is 10.0. The summed E-state index contributed by atoms with van der Waals surface area (Å²) in [4.78, 5) is 17.5. The van der Waals surface area contributed by atoms with Gasteiger partial charge in [0.1, 0.15) is 0 Å². The van der Waals surface area contributed by atoms with Crippen molar-refractivity contribution in [3.63, 3.8) is 0 Å². The number of benzene rings is 4. The molecule has 0 saturated heterocycles. The molecule has 0 unspecified atom stereocenters. The molecule has 3 heteroatoms. The largest absolute Gasteiger partial charge is 0.289 e. The second-order valence-electron chi connectivity index (χ2n) is 6.18. The Hall–Kier alpha value is -3.23. The Morgan fingerprint density at radius 3 is 2.41 bits per heavy atom. The van der Waals surface area contributed by atoms with Gasteiger partial charge in [-0.2, -0.15) is 0 Å². The number of aliphatic imine (C=N–C) groups is 1. The zero-order chi connectivity index (χ0) is 18.6. The van der Waals surface area contributed by atoms with Crippen LogP contribution >= 0.6 is 11.6 Å². The van der Waals surface area contributed by atoms with Crippen molar-refractivity contribution in [2.75, 3.05) is 0 Å². The highest BCUT2D eigenvalue weighted by Gasteiger charge is 2.13. The third-order valence-corrected chi connectivity index (χ3v) is 4.64. The topological polar surface area (TPSA) is 29.4 Å². The van der Waals surface area contributed by atoms with Crippen molar-refractivity contribution in [1.29, 1.82) is 0 Å². The molecule has 0 aromatic heterocycles. The molecule has 0 atom stereocenters. The van der Waals surface area contributed by atoms with Gasteiger partial charge in [-0.15, -0.1) is 0 Å². The molecule has 0 bridgehead atoms. The molecule has 0 aliphatic carbocycles. The fraction of sp³-hybridized carbons (Fsp3) is 0. The molecule has 2 nitrogen and oxygen atoms in total. The lowest BCUT2D eigenvalue weighted by Gasteiger charge is -2.06. The van der Waals surface area contributed by atoms with Crippen molar-refractivity contribution in [2.45, 2.75) is 0 Å². The summed E-state index contributed by atoms with van der Waals surface area (Å²) in [6, 6.07) is 28.6. The highest BCUT2D eigenvalue weighted by atomic mass is 35.5. The first kappa shape index (κ1) is 17.2. The SMILES string of the molecule is O=C(c1ccccc1)c1cc(Cl)ccc1N=Cc1cccc2ccccc12. The number of halogens is 1. The van der Waals surface area contributed by atoms with E-state index in [0.717, 1.165) is 16.3 Å². The molecule has 0 amide bonds. The van der Waals surface area contributed by atoms with E-state index in [1.54, 1.807) is 36.5 Å². The summed E-state index contributed by atoms with van der Waals surface area (Å²) >= 11 is 6.14. The predicted octanol–water partition coefficient (Wildman–Crippen LogP) is 6.47. The molecule has 0 fully saturated rings. The minimum atomic E-state index is -0.0943. The van der Waals surface area contributed by atoms with Crippen LogP contribution in [0.15, 0.2) is 96.0 Å². The quantitative estimate of drug-likeness (QED) is 0.299. The van der Waals surface area contributed by atoms with E-state index in [2.05, 4.69) is 23.2 Å². The van der Waals surface area contributed by atoms with Crippen molar-refractivity contribution in [2.24, 2.45) is 4.99 Å². The summed E-state index contributed by atoms with van der Waals surface area (Å²) < 4.78 is 0. The molecule has 27 heavy (non-hydrogen) atoms. The minimum Gasteiger partial charge on any atom is -0.289 e. The van der Waals surface area contributed by atoms with Gasteiger partial charge in [-0.3, -0.25) is 9.79 Å². The van der Waals surface area contributed by atoms with Crippen molar-refractivity contribution < 1.29 is 4.79 Å². The van der Waals surface area contributed by atoms with E-state index >= 15 is 0 Å². The number of carbonyl (C=O) groups is 1. The van der Waals surface area contributed by atoms with Gasteiger partial charge in [-0.1, -0.05) is 84.4 Å². The number of carbonyl (C=O) groups excluding carboxylic acids is 1. The Labute approximate surface area is 162 Å². The smallest absolute Gasteiger partial charge is 0.195 e. The van der Waals surface area contributed by atoms with Crippen LogP contribution in [-0.2, 0) is 0 Å². The molecule has 4 rings (SSSR count). The summed E-state index contributed by atoms with van der Waals surface area (Å²) in [5.74, 6) is -0.0943. The third kappa shape index (κ3) is 3.67. The van der Waals surface area contributed by atoms with Crippen LogP contribution in [0.1, 0.15) is 21.5 Å². The Morgan fingerprint density at radius 2 is 1.56 bits per heavy atom. The zero-order valence-electron chi connectivity index (χ0n) is 14.5. The lowest BCUT2D eigenvalue weighted by molar-refractivity contribution is 0.103. The first-order valence-corrected chi connectivity index (χ1v) is 9.01. The number of hydrogen-bond acceptors (Lipinski definition) is 2. The van der Waals surface area contributed by atoms with Gasteiger partial charge < -0.3 is 0 Å². The normalized spacial score (nSPS) is 11.1. The molecule has 0 aliphatic heterocycles. The van der Waals surface area contributed by atoms with E-state index < -0.39 is 0 Å². The summed E-state index contributed by atoms with van der Waals surface area (Å²) in [6.45, 7) is 0. The first-order chi connectivity index (χ1) is 13.2. The molecule has 0 heterocycles. The van der Waals surface area contributed by atoms with E-state index in [0.29, 0.717) is 21.8 Å². The average molecular weight is 370 g/mol. The molecule has 4 aromatic carbocycles.